The molecule has 2 aliphatic heterocycles. The molecule has 184 valence electrons. The summed E-state index contributed by atoms with van der Waals surface area (Å²) in [6.07, 6.45) is 2.49. The molecular weight excluding hydrogens is 462 g/mol. The number of ether oxygens (including phenoxy) is 1. The molecule has 1 atom stereocenters. The first kappa shape index (κ1) is 23.6. The third-order valence-corrected chi connectivity index (χ3v) is 8.44. The standard InChI is InChI=1S/C27H31N3O4S/c1-17-5-8-20(9-6-17)35(32,33)29-28-22-14-23-21-10-7-19(34-4)13-18(21)11-12-30(23)24-15-27(2,3)16-25(31)26(22)24/h5-10,13,23,29H,11-12,14-16H2,1-4H3/b28-22-/t23-/m0/s1. The predicted molar refractivity (Wildman–Crippen MR) is 135 cm³/mol. The van der Waals surface area contributed by atoms with Crippen molar-refractivity contribution in [3.63, 3.8) is 0 Å². The van der Waals surface area contributed by atoms with E-state index in [4.69, 9.17) is 4.74 Å². The highest BCUT2D eigenvalue weighted by Crippen LogP contribution is 2.48. The Morgan fingerprint density at radius 2 is 1.86 bits per heavy atom. The van der Waals surface area contributed by atoms with Crippen LogP contribution in [0.1, 0.15) is 55.8 Å². The number of aryl methyl sites for hydroxylation is 1. The van der Waals surface area contributed by atoms with Gasteiger partial charge >= 0.3 is 0 Å². The number of allylic oxidation sites excluding steroid dienone is 2. The van der Waals surface area contributed by atoms with Gasteiger partial charge in [0, 0.05) is 25.1 Å². The zero-order valence-corrected chi connectivity index (χ0v) is 21.4. The van der Waals surface area contributed by atoms with Gasteiger partial charge in [0.2, 0.25) is 0 Å². The van der Waals surface area contributed by atoms with Gasteiger partial charge in [0.15, 0.2) is 5.78 Å². The van der Waals surface area contributed by atoms with Crippen molar-refractivity contribution in [1.29, 1.82) is 0 Å². The third-order valence-electron chi connectivity index (χ3n) is 7.21. The summed E-state index contributed by atoms with van der Waals surface area (Å²) >= 11 is 0. The first-order chi connectivity index (χ1) is 16.6. The van der Waals surface area contributed by atoms with E-state index < -0.39 is 10.0 Å². The molecule has 35 heavy (non-hydrogen) atoms. The lowest BCUT2D eigenvalue weighted by Gasteiger charge is -2.48. The van der Waals surface area contributed by atoms with Crippen LogP contribution in [0.25, 0.3) is 0 Å². The Morgan fingerprint density at radius 3 is 2.57 bits per heavy atom. The van der Waals surface area contributed by atoms with Crippen LogP contribution in [0.15, 0.2) is 63.7 Å². The molecule has 0 fully saturated rings. The Kier molecular flexibility index (Phi) is 5.74. The molecule has 0 bridgehead atoms. The number of ketones is 1. The summed E-state index contributed by atoms with van der Waals surface area (Å²) in [4.78, 5) is 18.2. The van der Waals surface area contributed by atoms with E-state index in [1.54, 1.807) is 31.4 Å². The molecule has 1 aliphatic carbocycles. The minimum atomic E-state index is -3.85. The van der Waals surface area contributed by atoms with Crippen LogP contribution in [0.5, 0.6) is 5.75 Å². The maximum atomic E-state index is 13.3. The number of hydrazone groups is 1. The molecule has 2 aromatic rings. The summed E-state index contributed by atoms with van der Waals surface area (Å²) in [5.74, 6) is 0.852. The Bertz CT molecular complexity index is 1360. The molecule has 0 saturated heterocycles. The van der Waals surface area contributed by atoms with Gasteiger partial charge in [0.05, 0.1) is 29.3 Å². The number of benzene rings is 2. The molecule has 3 aliphatic rings. The minimum absolute atomic E-state index is 0.00673. The van der Waals surface area contributed by atoms with Gasteiger partial charge in [0.25, 0.3) is 10.0 Å². The van der Waals surface area contributed by atoms with Crippen molar-refractivity contribution < 1.29 is 17.9 Å². The van der Waals surface area contributed by atoms with Crippen molar-refractivity contribution in [2.24, 2.45) is 10.5 Å². The van der Waals surface area contributed by atoms with E-state index in [2.05, 4.69) is 40.8 Å². The number of hydrogen-bond acceptors (Lipinski definition) is 6. The van der Waals surface area contributed by atoms with Crippen molar-refractivity contribution in [2.45, 2.75) is 57.4 Å². The molecule has 0 aromatic heterocycles. The molecule has 0 saturated carbocycles. The van der Waals surface area contributed by atoms with Crippen molar-refractivity contribution in [1.82, 2.24) is 9.73 Å². The van der Waals surface area contributed by atoms with E-state index in [1.165, 1.54) is 11.1 Å². The molecule has 2 aromatic carbocycles. The fourth-order valence-corrected chi connectivity index (χ4v) is 6.32. The number of hydrogen-bond donors (Lipinski definition) is 1. The Morgan fingerprint density at radius 1 is 1.11 bits per heavy atom. The summed E-state index contributed by atoms with van der Waals surface area (Å²) in [6.45, 7) is 6.92. The number of nitrogens with one attached hydrogen (secondary N) is 1. The summed E-state index contributed by atoms with van der Waals surface area (Å²) < 4.78 is 31.3. The van der Waals surface area contributed by atoms with E-state index in [1.807, 2.05) is 13.0 Å². The Balaban J connectivity index is 1.57. The van der Waals surface area contributed by atoms with Crippen LogP contribution in [0.2, 0.25) is 0 Å². The molecule has 0 amide bonds. The first-order valence-corrected chi connectivity index (χ1v) is 13.4. The van der Waals surface area contributed by atoms with Crippen LogP contribution in [-0.2, 0) is 21.2 Å². The first-order valence-electron chi connectivity index (χ1n) is 11.9. The number of rotatable bonds is 4. The van der Waals surface area contributed by atoms with Gasteiger partial charge in [-0.25, -0.2) is 0 Å². The largest absolute Gasteiger partial charge is 0.497 e. The normalized spacial score (nSPS) is 22.4. The van der Waals surface area contributed by atoms with E-state index in [0.29, 0.717) is 24.1 Å². The summed E-state index contributed by atoms with van der Waals surface area (Å²) in [7, 11) is -2.19. The van der Waals surface area contributed by atoms with Gasteiger partial charge in [-0.05, 0) is 60.6 Å². The summed E-state index contributed by atoms with van der Waals surface area (Å²) in [6, 6.07) is 12.7. The fraction of sp³-hybridized carbons (Fsp3) is 0.407. The topological polar surface area (TPSA) is 88.1 Å². The number of sulfonamides is 1. The van der Waals surface area contributed by atoms with Crippen LogP contribution in [0.3, 0.4) is 0 Å². The maximum Gasteiger partial charge on any atom is 0.276 e. The Labute approximate surface area is 206 Å². The third kappa shape index (κ3) is 4.35. The molecule has 8 heteroatoms. The fourth-order valence-electron chi connectivity index (χ4n) is 5.49. The van der Waals surface area contributed by atoms with Gasteiger partial charge in [0.1, 0.15) is 5.75 Å². The molecule has 0 radical (unpaired) electrons. The van der Waals surface area contributed by atoms with Crippen molar-refractivity contribution >= 4 is 21.5 Å². The Hall–Kier alpha value is -3.13. The number of carbonyl (C=O) groups excluding carboxylic acids is 1. The monoisotopic (exact) mass is 493 g/mol. The van der Waals surface area contributed by atoms with E-state index in [9.17, 15) is 13.2 Å². The minimum Gasteiger partial charge on any atom is -0.497 e. The molecule has 1 N–H and O–H groups in total. The average molecular weight is 494 g/mol. The second-order valence-corrected chi connectivity index (χ2v) is 12.1. The van der Waals surface area contributed by atoms with Crippen LogP contribution in [0, 0.1) is 12.3 Å². The predicted octanol–water partition coefficient (Wildman–Crippen LogP) is 4.28. The maximum absolute atomic E-state index is 13.3. The van der Waals surface area contributed by atoms with Crippen LogP contribution in [0.4, 0.5) is 0 Å². The molecular formula is C27H31N3O4S. The lowest BCUT2D eigenvalue weighted by molar-refractivity contribution is -0.118. The van der Waals surface area contributed by atoms with Gasteiger partial charge in [-0.3, -0.25) is 4.79 Å². The van der Waals surface area contributed by atoms with Gasteiger partial charge in [-0.2, -0.15) is 18.4 Å². The number of fused-ring (bicyclic) bond motifs is 4. The highest BCUT2D eigenvalue weighted by molar-refractivity contribution is 7.89. The van der Waals surface area contributed by atoms with Crippen molar-refractivity contribution in [3.05, 3.63) is 70.4 Å². The van der Waals surface area contributed by atoms with Gasteiger partial charge < -0.3 is 9.64 Å². The van der Waals surface area contributed by atoms with Crippen LogP contribution < -0.4 is 9.57 Å². The van der Waals surface area contributed by atoms with Gasteiger partial charge in [-0.1, -0.05) is 37.6 Å². The number of nitrogens with zero attached hydrogens (tertiary/aromatic N) is 2. The second kappa shape index (κ2) is 8.52. The number of Topliss-reactive ketones (excluding diaryl/α,β-unsaturated/α-hetero) is 1. The summed E-state index contributed by atoms with van der Waals surface area (Å²) in [5, 5.41) is 4.38. The average Bonchev–Trinajstić information content (AvgIpc) is 2.81. The number of carbonyl (C=O) groups is 1. The van der Waals surface area contributed by atoms with Gasteiger partial charge in [-0.15, -0.1) is 0 Å². The van der Waals surface area contributed by atoms with Crippen molar-refractivity contribution in [2.75, 3.05) is 13.7 Å². The van der Waals surface area contributed by atoms with Crippen LogP contribution in [-0.4, -0.2) is 38.5 Å². The van der Waals surface area contributed by atoms with E-state index in [-0.39, 0.29) is 22.1 Å². The smallest absolute Gasteiger partial charge is 0.276 e. The SMILES string of the molecule is COc1ccc2c(c1)CCN1C3=C(C(=O)CC(C)(C)C3)/C(=N\NS(=O)(=O)c3ccc(C)cc3)C[C@@H]21. The highest BCUT2D eigenvalue weighted by atomic mass is 32.2. The summed E-state index contributed by atoms with van der Waals surface area (Å²) in [5.41, 5.74) is 5.29. The van der Waals surface area contributed by atoms with Crippen LogP contribution >= 0.6 is 0 Å². The van der Waals surface area contributed by atoms with E-state index >= 15 is 0 Å². The zero-order valence-electron chi connectivity index (χ0n) is 20.6. The molecule has 5 rings (SSSR count). The molecule has 2 heterocycles. The lowest BCUT2D eigenvalue weighted by atomic mass is 9.71. The second-order valence-electron chi connectivity index (χ2n) is 10.5. The molecule has 7 nitrogen and oxygen atoms in total. The number of methoxy groups -OCH3 is 1. The molecule has 0 spiro atoms. The molecule has 0 unspecified atom stereocenters. The quantitative estimate of drug-likeness (QED) is 0.642. The zero-order chi connectivity index (χ0) is 25.0. The lowest BCUT2D eigenvalue weighted by Crippen LogP contribution is -2.46. The van der Waals surface area contributed by atoms with Crippen molar-refractivity contribution in [3.8, 4) is 5.75 Å². The van der Waals surface area contributed by atoms with E-state index in [0.717, 1.165) is 36.4 Å². The highest BCUT2D eigenvalue weighted by Gasteiger charge is 2.44.